The molecular weight excluding hydrogens is 209 g/mol. The maximum Gasteiger partial charge on any atom is 0.346 e. The Hall–Kier alpha value is -0.420. The van der Waals surface area contributed by atoms with Crippen molar-refractivity contribution in [3.05, 3.63) is 0 Å². The molecule has 0 bridgehead atoms. The van der Waals surface area contributed by atoms with Crippen LogP contribution < -0.4 is 5.73 Å². The van der Waals surface area contributed by atoms with Gasteiger partial charge in [-0.2, -0.15) is 0 Å². The molecular formula is C7H14NO5P. The van der Waals surface area contributed by atoms with E-state index in [1.165, 1.54) is 0 Å². The van der Waals surface area contributed by atoms with Crippen LogP contribution in [-0.4, -0.2) is 26.1 Å². The summed E-state index contributed by atoms with van der Waals surface area (Å²) >= 11 is 0. The lowest BCUT2D eigenvalue weighted by molar-refractivity contribution is -0.144. The number of carboxylic acids is 1. The lowest BCUT2D eigenvalue weighted by Gasteiger charge is -2.38. The highest BCUT2D eigenvalue weighted by molar-refractivity contribution is 7.53. The van der Waals surface area contributed by atoms with Crippen molar-refractivity contribution in [2.45, 2.75) is 31.0 Å². The van der Waals surface area contributed by atoms with Crippen LogP contribution in [0.4, 0.5) is 0 Å². The van der Waals surface area contributed by atoms with Gasteiger partial charge in [0.1, 0.15) is 5.28 Å². The number of hydrogen-bond acceptors (Lipinski definition) is 3. The van der Waals surface area contributed by atoms with E-state index in [1.54, 1.807) is 0 Å². The number of aliphatic carboxylic acids is 1. The summed E-state index contributed by atoms with van der Waals surface area (Å²) in [5.74, 6) is -2.37. The maximum atomic E-state index is 11.1. The fourth-order valence-electron chi connectivity index (χ4n) is 1.87. The Morgan fingerprint density at radius 3 is 2.36 bits per heavy atom. The van der Waals surface area contributed by atoms with Gasteiger partial charge in [0.25, 0.3) is 0 Å². The van der Waals surface area contributed by atoms with Crippen molar-refractivity contribution in [1.29, 1.82) is 0 Å². The molecule has 6 nitrogen and oxygen atoms in total. The first-order valence-corrected chi connectivity index (χ1v) is 5.97. The number of rotatable bonds is 2. The zero-order valence-electron chi connectivity index (χ0n) is 7.59. The van der Waals surface area contributed by atoms with Gasteiger partial charge in [-0.1, -0.05) is 12.8 Å². The third-order valence-corrected chi connectivity index (χ3v) is 4.38. The quantitative estimate of drug-likeness (QED) is 0.492. The van der Waals surface area contributed by atoms with Crippen LogP contribution in [0.2, 0.25) is 0 Å². The molecule has 0 saturated heterocycles. The molecule has 0 aromatic rings. The largest absolute Gasteiger partial charge is 0.481 e. The molecule has 0 amide bonds. The topological polar surface area (TPSA) is 121 Å². The second-order valence-electron chi connectivity index (χ2n) is 3.67. The third-order valence-electron chi connectivity index (χ3n) is 2.76. The molecule has 0 heterocycles. The highest BCUT2D eigenvalue weighted by Crippen LogP contribution is 2.56. The maximum absolute atomic E-state index is 11.1. The SMILES string of the molecule is NC1(P(=O)(O)O)CCCCC1C(=O)O. The molecule has 2 atom stereocenters. The summed E-state index contributed by atoms with van der Waals surface area (Å²) in [5, 5.41) is 6.94. The van der Waals surface area contributed by atoms with Gasteiger partial charge in [-0.05, 0) is 12.8 Å². The Morgan fingerprint density at radius 2 is 2.00 bits per heavy atom. The summed E-state index contributed by atoms with van der Waals surface area (Å²) in [4.78, 5) is 28.9. The van der Waals surface area contributed by atoms with Crippen molar-refractivity contribution in [2.24, 2.45) is 11.7 Å². The Bertz CT molecular complexity index is 288. The molecule has 1 aliphatic carbocycles. The standard InChI is InChI=1S/C7H14NO5P/c8-7(14(11,12)13)4-2-1-3-5(7)6(9)10/h5H,1-4,8H2,(H,9,10)(H2,11,12,13). The van der Waals surface area contributed by atoms with E-state index in [4.69, 9.17) is 20.6 Å². The summed E-state index contributed by atoms with van der Waals surface area (Å²) in [5.41, 5.74) is 5.54. The van der Waals surface area contributed by atoms with Crippen molar-refractivity contribution in [3.8, 4) is 0 Å². The molecule has 1 fully saturated rings. The monoisotopic (exact) mass is 223 g/mol. The van der Waals surface area contributed by atoms with Crippen molar-refractivity contribution in [1.82, 2.24) is 0 Å². The summed E-state index contributed by atoms with van der Waals surface area (Å²) in [6.07, 6.45) is 1.51. The smallest absolute Gasteiger partial charge is 0.346 e. The minimum absolute atomic E-state index is 0.0637. The third kappa shape index (κ3) is 1.83. The van der Waals surface area contributed by atoms with E-state index in [1.807, 2.05) is 0 Å². The minimum atomic E-state index is -4.57. The number of nitrogens with two attached hydrogens (primary N) is 1. The van der Waals surface area contributed by atoms with Crippen LogP contribution in [0.25, 0.3) is 0 Å². The Kier molecular flexibility index (Phi) is 3.02. The fraction of sp³-hybridized carbons (Fsp3) is 0.857. The van der Waals surface area contributed by atoms with E-state index in [0.29, 0.717) is 12.8 Å². The molecule has 0 spiro atoms. The van der Waals surface area contributed by atoms with Gasteiger partial charge >= 0.3 is 13.6 Å². The van der Waals surface area contributed by atoms with E-state index in [-0.39, 0.29) is 12.8 Å². The van der Waals surface area contributed by atoms with Crippen molar-refractivity contribution in [2.75, 3.05) is 0 Å². The van der Waals surface area contributed by atoms with Crippen molar-refractivity contribution in [3.63, 3.8) is 0 Å². The predicted octanol–water partition coefficient (Wildman–Crippen LogP) is 0.0939. The summed E-state index contributed by atoms with van der Waals surface area (Å²) < 4.78 is 11.1. The van der Waals surface area contributed by atoms with Crippen LogP contribution in [0, 0.1) is 5.92 Å². The summed E-state index contributed by atoms with van der Waals surface area (Å²) in [7, 11) is -4.57. The van der Waals surface area contributed by atoms with Crippen molar-refractivity contribution >= 4 is 13.6 Å². The molecule has 5 N–H and O–H groups in total. The second kappa shape index (κ2) is 3.62. The van der Waals surface area contributed by atoms with E-state index < -0.39 is 24.8 Å². The molecule has 0 aliphatic heterocycles. The summed E-state index contributed by atoms with van der Waals surface area (Å²) in [6, 6.07) is 0. The molecule has 7 heteroatoms. The number of carboxylic acid groups (broad SMARTS) is 1. The Morgan fingerprint density at radius 1 is 1.43 bits per heavy atom. The molecule has 1 saturated carbocycles. The van der Waals surface area contributed by atoms with Gasteiger partial charge in [-0.3, -0.25) is 9.36 Å². The fourth-order valence-corrected chi connectivity index (χ4v) is 2.96. The van der Waals surface area contributed by atoms with Gasteiger partial charge in [0.05, 0.1) is 5.92 Å². The summed E-state index contributed by atoms with van der Waals surface area (Å²) in [6.45, 7) is 0. The number of hydrogen-bond donors (Lipinski definition) is 4. The van der Waals surface area contributed by atoms with Crippen LogP contribution in [0.1, 0.15) is 25.7 Å². The van der Waals surface area contributed by atoms with Crippen LogP contribution in [0.15, 0.2) is 0 Å². The van der Waals surface area contributed by atoms with Gasteiger partial charge < -0.3 is 20.6 Å². The van der Waals surface area contributed by atoms with E-state index in [9.17, 15) is 9.36 Å². The lowest BCUT2D eigenvalue weighted by atomic mass is 9.84. The van der Waals surface area contributed by atoms with E-state index in [0.717, 1.165) is 0 Å². The first-order valence-electron chi connectivity index (χ1n) is 4.36. The normalized spacial score (nSPS) is 34.1. The molecule has 2 unspecified atom stereocenters. The average molecular weight is 223 g/mol. The van der Waals surface area contributed by atoms with E-state index in [2.05, 4.69) is 0 Å². The van der Waals surface area contributed by atoms with Gasteiger partial charge in [0.2, 0.25) is 0 Å². The molecule has 0 aromatic heterocycles. The Balaban J connectivity index is 3.03. The van der Waals surface area contributed by atoms with Crippen LogP contribution in [-0.2, 0) is 9.36 Å². The molecule has 1 aliphatic rings. The highest BCUT2D eigenvalue weighted by Gasteiger charge is 2.53. The number of carbonyl (C=O) groups is 1. The minimum Gasteiger partial charge on any atom is -0.481 e. The van der Waals surface area contributed by atoms with Gasteiger partial charge in [-0.15, -0.1) is 0 Å². The zero-order valence-corrected chi connectivity index (χ0v) is 8.48. The average Bonchev–Trinajstić information content (AvgIpc) is 2.02. The molecule has 0 radical (unpaired) electrons. The van der Waals surface area contributed by atoms with Gasteiger partial charge in [-0.25, -0.2) is 0 Å². The first kappa shape index (κ1) is 11.7. The molecule has 82 valence electrons. The van der Waals surface area contributed by atoms with Crippen LogP contribution >= 0.6 is 7.60 Å². The van der Waals surface area contributed by atoms with Crippen molar-refractivity contribution < 1.29 is 24.3 Å². The van der Waals surface area contributed by atoms with E-state index >= 15 is 0 Å². The Labute approximate surface area is 81.3 Å². The lowest BCUT2D eigenvalue weighted by Crippen LogP contribution is -2.51. The molecule has 14 heavy (non-hydrogen) atoms. The molecule has 0 aromatic carbocycles. The predicted molar refractivity (Wildman–Crippen MR) is 48.6 cm³/mol. The van der Waals surface area contributed by atoms with Gasteiger partial charge in [0.15, 0.2) is 0 Å². The second-order valence-corrected chi connectivity index (χ2v) is 5.59. The molecule has 1 rings (SSSR count). The van der Waals surface area contributed by atoms with Crippen LogP contribution in [0.3, 0.4) is 0 Å². The van der Waals surface area contributed by atoms with Gasteiger partial charge in [0, 0.05) is 0 Å². The first-order chi connectivity index (χ1) is 6.29. The van der Waals surface area contributed by atoms with Crippen LogP contribution in [0.5, 0.6) is 0 Å². The zero-order chi connectivity index (χ0) is 11.0. The highest BCUT2D eigenvalue weighted by atomic mass is 31.2.